The number of nitrogens with zero attached hydrogens (tertiary/aromatic N) is 2. The first kappa shape index (κ1) is 13.7. The Morgan fingerprint density at radius 1 is 1.00 bits per heavy atom. The van der Waals surface area contributed by atoms with Crippen LogP contribution in [0.5, 0.6) is 5.88 Å². The number of hydrogen-bond acceptors (Lipinski definition) is 2. The summed E-state index contributed by atoms with van der Waals surface area (Å²) >= 11 is 0. The van der Waals surface area contributed by atoms with E-state index in [4.69, 9.17) is 0 Å². The van der Waals surface area contributed by atoms with Crippen LogP contribution in [0.25, 0.3) is 5.69 Å². The molecule has 0 amide bonds. The van der Waals surface area contributed by atoms with Crippen LogP contribution in [0, 0.1) is 6.92 Å². The number of aryl methyl sites for hydroxylation is 1. The summed E-state index contributed by atoms with van der Waals surface area (Å²) in [6, 6.07) is 8.02. The Bertz CT molecular complexity index is 565. The van der Waals surface area contributed by atoms with Crippen molar-refractivity contribution in [1.29, 1.82) is 0 Å². The lowest BCUT2D eigenvalue weighted by molar-refractivity contribution is 0.425. The molecule has 0 aliphatic carbocycles. The summed E-state index contributed by atoms with van der Waals surface area (Å²) in [6.07, 6.45) is 0. The Balaban J connectivity index is 2.59. The van der Waals surface area contributed by atoms with Crippen molar-refractivity contribution in [3.8, 4) is 11.6 Å². The van der Waals surface area contributed by atoms with Crippen molar-refractivity contribution in [2.75, 3.05) is 0 Å². The molecule has 1 aromatic heterocycles. The van der Waals surface area contributed by atoms with Gasteiger partial charge in [0.15, 0.2) is 0 Å². The first-order chi connectivity index (χ1) is 8.91. The van der Waals surface area contributed by atoms with E-state index in [0.717, 1.165) is 16.9 Å². The predicted molar refractivity (Wildman–Crippen MR) is 78.1 cm³/mol. The number of aromatic nitrogens is 2. The first-order valence-electron chi connectivity index (χ1n) is 6.80. The van der Waals surface area contributed by atoms with Crippen molar-refractivity contribution in [1.82, 2.24) is 9.78 Å². The summed E-state index contributed by atoms with van der Waals surface area (Å²) in [7, 11) is 0. The predicted octanol–water partition coefficient (Wildman–Crippen LogP) is 4.13. The van der Waals surface area contributed by atoms with E-state index >= 15 is 0 Å². The highest BCUT2D eigenvalue weighted by Crippen LogP contribution is 2.34. The minimum atomic E-state index is 0.261. The van der Waals surface area contributed by atoms with E-state index in [1.54, 1.807) is 4.68 Å². The van der Waals surface area contributed by atoms with Gasteiger partial charge in [-0.05, 0) is 30.9 Å². The molecule has 2 aromatic rings. The maximum Gasteiger partial charge on any atom is 0.217 e. The second-order valence-corrected chi connectivity index (χ2v) is 5.68. The Labute approximate surface area is 114 Å². The summed E-state index contributed by atoms with van der Waals surface area (Å²) in [5.41, 5.74) is 4.03. The molecular formula is C16H22N2O. The topological polar surface area (TPSA) is 38.0 Å². The van der Waals surface area contributed by atoms with Gasteiger partial charge in [-0.1, -0.05) is 45.4 Å². The second-order valence-electron chi connectivity index (χ2n) is 5.68. The van der Waals surface area contributed by atoms with E-state index in [1.165, 1.54) is 5.56 Å². The summed E-state index contributed by atoms with van der Waals surface area (Å²) < 4.78 is 1.64. The van der Waals surface area contributed by atoms with Gasteiger partial charge < -0.3 is 5.11 Å². The normalized spacial score (nSPS) is 11.5. The third kappa shape index (κ3) is 2.50. The maximum absolute atomic E-state index is 10.5. The second kappa shape index (κ2) is 5.08. The van der Waals surface area contributed by atoms with Gasteiger partial charge >= 0.3 is 0 Å². The molecule has 1 aromatic carbocycles. The zero-order chi connectivity index (χ0) is 14.2. The van der Waals surface area contributed by atoms with Crippen molar-refractivity contribution in [2.45, 2.75) is 46.5 Å². The third-order valence-corrected chi connectivity index (χ3v) is 3.33. The van der Waals surface area contributed by atoms with Gasteiger partial charge in [-0.15, -0.1) is 0 Å². The molecule has 102 valence electrons. The van der Waals surface area contributed by atoms with Crippen LogP contribution in [0.2, 0.25) is 0 Å². The quantitative estimate of drug-likeness (QED) is 0.898. The summed E-state index contributed by atoms with van der Waals surface area (Å²) in [6.45, 7) is 10.4. The van der Waals surface area contributed by atoms with Crippen molar-refractivity contribution < 1.29 is 5.11 Å². The molecule has 3 nitrogen and oxygen atoms in total. The van der Waals surface area contributed by atoms with E-state index in [1.807, 2.05) is 31.2 Å². The van der Waals surface area contributed by atoms with Crippen molar-refractivity contribution in [3.05, 3.63) is 41.1 Å². The highest BCUT2D eigenvalue weighted by atomic mass is 16.3. The standard InChI is InChI=1S/C16H22N2O/c1-10(2)14-15(11(3)4)17-18(16(14)19)13-8-6-12(5)7-9-13/h6-11,19H,1-5H3. The smallest absolute Gasteiger partial charge is 0.217 e. The highest BCUT2D eigenvalue weighted by molar-refractivity contribution is 5.43. The molecular weight excluding hydrogens is 236 g/mol. The molecule has 0 spiro atoms. The molecule has 0 fully saturated rings. The molecule has 19 heavy (non-hydrogen) atoms. The fourth-order valence-electron chi connectivity index (χ4n) is 2.28. The minimum absolute atomic E-state index is 0.261. The van der Waals surface area contributed by atoms with Crippen LogP contribution in [0.15, 0.2) is 24.3 Å². The largest absolute Gasteiger partial charge is 0.493 e. The van der Waals surface area contributed by atoms with Crippen LogP contribution in [0.4, 0.5) is 0 Å². The lowest BCUT2D eigenvalue weighted by Crippen LogP contribution is -1.98. The van der Waals surface area contributed by atoms with Crippen LogP contribution in [0.3, 0.4) is 0 Å². The van der Waals surface area contributed by atoms with Gasteiger partial charge in [-0.2, -0.15) is 5.10 Å². The van der Waals surface area contributed by atoms with E-state index < -0.39 is 0 Å². The number of rotatable bonds is 3. The van der Waals surface area contributed by atoms with Crippen LogP contribution < -0.4 is 0 Å². The Hall–Kier alpha value is -1.77. The van der Waals surface area contributed by atoms with Gasteiger partial charge in [0.1, 0.15) is 0 Å². The van der Waals surface area contributed by atoms with Gasteiger partial charge in [0.25, 0.3) is 0 Å². The maximum atomic E-state index is 10.5. The SMILES string of the molecule is Cc1ccc(-n2nc(C(C)C)c(C(C)C)c2O)cc1. The minimum Gasteiger partial charge on any atom is -0.493 e. The van der Waals surface area contributed by atoms with E-state index in [-0.39, 0.29) is 11.8 Å². The summed E-state index contributed by atoms with van der Waals surface area (Å²) in [5.74, 6) is 0.828. The number of benzene rings is 1. The monoisotopic (exact) mass is 258 g/mol. The zero-order valence-electron chi connectivity index (χ0n) is 12.3. The molecule has 2 rings (SSSR count). The Morgan fingerprint density at radius 2 is 1.58 bits per heavy atom. The van der Waals surface area contributed by atoms with Gasteiger partial charge in [0.05, 0.1) is 11.4 Å². The van der Waals surface area contributed by atoms with Gasteiger partial charge in [-0.25, -0.2) is 4.68 Å². The number of hydrogen-bond donors (Lipinski definition) is 1. The third-order valence-electron chi connectivity index (χ3n) is 3.33. The molecule has 3 heteroatoms. The lowest BCUT2D eigenvalue weighted by atomic mass is 9.97. The summed E-state index contributed by atoms with van der Waals surface area (Å²) in [4.78, 5) is 0. The molecule has 0 saturated heterocycles. The Morgan fingerprint density at radius 3 is 2.00 bits per heavy atom. The number of aromatic hydroxyl groups is 1. The molecule has 1 heterocycles. The van der Waals surface area contributed by atoms with E-state index in [9.17, 15) is 5.11 Å². The molecule has 0 atom stereocenters. The molecule has 0 saturated carbocycles. The van der Waals surface area contributed by atoms with E-state index in [2.05, 4.69) is 32.8 Å². The molecule has 0 aliphatic rings. The fourth-order valence-corrected chi connectivity index (χ4v) is 2.28. The van der Waals surface area contributed by atoms with Gasteiger partial charge in [0, 0.05) is 5.56 Å². The lowest BCUT2D eigenvalue weighted by Gasteiger charge is -2.08. The Kier molecular flexibility index (Phi) is 3.65. The van der Waals surface area contributed by atoms with Crippen LogP contribution in [-0.4, -0.2) is 14.9 Å². The average Bonchev–Trinajstić information content (AvgIpc) is 2.68. The first-order valence-corrected chi connectivity index (χ1v) is 6.80. The van der Waals surface area contributed by atoms with Crippen LogP contribution in [0.1, 0.15) is 56.4 Å². The van der Waals surface area contributed by atoms with Crippen molar-refractivity contribution in [2.24, 2.45) is 0 Å². The zero-order valence-corrected chi connectivity index (χ0v) is 12.3. The van der Waals surface area contributed by atoms with Crippen LogP contribution >= 0.6 is 0 Å². The molecule has 0 unspecified atom stereocenters. The fraction of sp³-hybridized carbons (Fsp3) is 0.438. The van der Waals surface area contributed by atoms with Gasteiger partial charge in [0.2, 0.25) is 5.88 Å². The van der Waals surface area contributed by atoms with E-state index in [0.29, 0.717) is 5.92 Å². The van der Waals surface area contributed by atoms with Crippen LogP contribution in [-0.2, 0) is 0 Å². The molecule has 0 bridgehead atoms. The molecule has 0 radical (unpaired) electrons. The average molecular weight is 258 g/mol. The summed E-state index contributed by atoms with van der Waals surface area (Å²) in [5, 5.41) is 15.0. The van der Waals surface area contributed by atoms with Crippen molar-refractivity contribution >= 4 is 0 Å². The van der Waals surface area contributed by atoms with Crippen molar-refractivity contribution in [3.63, 3.8) is 0 Å². The van der Waals surface area contributed by atoms with Gasteiger partial charge in [-0.3, -0.25) is 0 Å². The molecule has 1 N–H and O–H groups in total. The molecule has 0 aliphatic heterocycles. The highest BCUT2D eigenvalue weighted by Gasteiger charge is 2.22.